The Morgan fingerprint density at radius 1 is 1.18 bits per heavy atom. The van der Waals surface area contributed by atoms with Crippen molar-refractivity contribution < 1.29 is 0 Å². The molecule has 96 valence electrons. The third-order valence-electron chi connectivity index (χ3n) is 3.90. The van der Waals surface area contributed by atoms with Crippen molar-refractivity contribution >= 4 is 11.3 Å². The molecule has 2 heteroatoms. The molecule has 1 saturated carbocycles. The van der Waals surface area contributed by atoms with E-state index in [1.165, 1.54) is 34.6 Å². The highest BCUT2D eigenvalue weighted by Gasteiger charge is 2.23. The lowest BCUT2D eigenvalue weighted by atomic mass is 9.80. The van der Waals surface area contributed by atoms with Crippen LogP contribution in [0.25, 0.3) is 0 Å². The molecule has 1 aromatic rings. The number of thiophene rings is 1. The highest BCUT2D eigenvalue weighted by atomic mass is 32.1. The molecule has 17 heavy (non-hydrogen) atoms. The van der Waals surface area contributed by atoms with Gasteiger partial charge in [0.15, 0.2) is 0 Å². The number of nitrogens with one attached hydrogen (secondary N) is 1. The minimum absolute atomic E-state index is 0.730. The first kappa shape index (κ1) is 13.1. The van der Waals surface area contributed by atoms with E-state index in [2.05, 4.69) is 39.1 Å². The first-order chi connectivity index (χ1) is 8.04. The average Bonchev–Trinajstić information content (AvgIpc) is 2.53. The van der Waals surface area contributed by atoms with Gasteiger partial charge in [0.2, 0.25) is 0 Å². The van der Waals surface area contributed by atoms with Gasteiger partial charge in [-0.05, 0) is 56.6 Å². The molecule has 0 bridgehead atoms. The smallest absolute Gasteiger partial charge is 0.0219 e. The van der Waals surface area contributed by atoms with Gasteiger partial charge in [-0.1, -0.05) is 13.8 Å². The topological polar surface area (TPSA) is 12.0 Å². The van der Waals surface area contributed by atoms with E-state index in [1.54, 1.807) is 0 Å². The van der Waals surface area contributed by atoms with Gasteiger partial charge >= 0.3 is 0 Å². The van der Waals surface area contributed by atoms with Crippen molar-refractivity contribution in [2.24, 2.45) is 11.8 Å². The van der Waals surface area contributed by atoms with Crippen LogP contribution in [0, 0.1) is 25.7 Å². The molecule has 1 fully saturated rings. The quantitative estimate of drug-likeness (QED) is 0.845. The van der Waals surface area contributed by atoms with Gasteiger partial charge in [-0.2, -0.15) is 0 Å². The molecular formula is C15H25NS. The minimum Gasteiger partial charge on any atom is -0.310 e. The summed E-state index contributed by atoms with van der Waals surface area (Å²) in [5.41, 5.74) is 1.50. The summed E-state index contributed by atoms with van der Waals surface area (Å²) < 4.78 is 0. The Morgan fingerprint density at radius 3 is 2.35 bits per heavy atom. The molecule has 1 aliphatic carbocycles. The first-order valence-electron chi connectivity index (χ1n) is 6.84. The Labute approximate surface area is 110 Å². The SMILES string of the molecule is Cc1cc(CNC2CC(C)CC(C)C2)c(C)s1. The van der Waals surface area contributed by atoms with E-state index in [4.69, 9.17) is 0 Å². The average molecular weight is 251 g/mol. The van der Waals surface area contributed by atoms with Crippen molar-refractivity contribution in [3.63, 3.8) is 0 Å². The first-order valence-corrected chi connectivity index (χ1v) is 7.65. The van der Waals surface area contributed by atoms with Crippen LogP contribution in [-0.4, -0.2) is 6.04 Å². The van der Waals surface area contributed by atoms with E-state index in [1.807, 2.05) is 11.3 Å². The normalized spacial score (nSPS) is 29.5. The molecule has 0 spiro atoms. The number of rotatable bonds is 3. The zero-order valence-corrected chi connectivity index (χ0v) is 12.4. The summed E-state index contributed by atoms with van der Waals surface area (Å²) in [4.78, 5) is 2.91. The van der Waals surface area contributed by atoms with Gasteiger partial charge in [0.05, 0.1) is 0 Å². The van der Waals surface area contributed by atoms with Crippen LogP contribution in [0.4, 0.5) is 0 Å². The van der Waals surface area contributed by atoms with Crippen molar-refractivity contribution in [3.8, 4) is 0 Å². The van der Waals surface area contributed by atoms with E-state index in [0.29, 0.717) is 0 Å². The molecule has 1 N–H and O–H groups in total. The van der Waals surface area contributed by atoms with E-state index in [-0.39, 0.29) is 0 Å². The van der Waals surface area contributed by atoms with E-state index < -0.39 is 0 Å². The molecule has 2 rings (SSSR count). The third kappa shape index (κ3) is 3.56. The van der Waals surface area contributed by atoms with Crippen molar-refractivity contribution in [2.45, 2.75) is 59.5 Å². The lowest BCUT2D eigenvalue weighted by Crippen LogP contribution is -2.35. The molecular weight excluding hydrogens is 226 g/mol. The predicted molar refractivity (Wildman–Crippen MR) is 76.6 cm³/mol. The van der Waals surface area contributed by atoms with E-state index in [0.717, 1.165) is 24.4 Å². The summed E-state index contributed by atoms with van der Waals surface area (Å²) >= 11 is 1.92. The Morgan fingerprint density at radius 2 is 1.82 bits per heavy atom. The van der Waals surface area contributed by atoms with Crippen LogP contribution in [-0.2, 0) is 6.54 Å². The second kappa shape index (κ2) is 5.53. The summed E-state index contributed by atoms with van der Waals surface area (Å²) in [6, 6.07) is 3.07. The molecule has 0 amide bonds. The van der Waals surface area contributed by atoms with Gasteiger partial charge in [0.1, 0.15) is 0 Å². The summed E-state index contributed by atoms with van der Waals surface area (Å²) in [6.07, 6.45) is 4.12. The Kier molecular flexibility index (Phi) is 4.26. The van der Waals surface area contributed by atoms with Gasteiger partial charge in [0.25, 0.3) is 0 Å². The van der Waals surface area contributed by atoms with Crippen LogP contribution >= 0.6 is 11.3 Å². The predicted octanol–water partition coefficient (Wildman–Crippen LogP) is 4.28. The van der Waals surface area contributed by atoms with Gasteiger partial charge < -0.3 is 5.32 Å². The van der Waals surface area contributed by atoms with Crippen LogP contribution in [0.15, 0.2) is 6.07 Å². The second-order valence-electron chi connectivity index (χ2n) is 5.93. The summed E-state index contributed by atoms with van der Waals surface area (Å²) in [6.45, 7) is 10.3. The fourth-order valence-electron chi connectivity index (χ4n) is 3.23. The number of hydrogen-bond donors (Lipinski definition) is 1. The zero-order chi connectivity index (χ0) is 12.4. The second-order valence-corrected chi connectivity index (χ2v) is 7.39. The molecule has 0 aromatic carbocycles. The maximum Gasteiger partial charge on any atom is 0.0219 e. The zero-order valence-electron chi connectivity index (χ0n) is 11.5. The number of hydrogen-bond acceptors (Lipinski definition) is 2. The van der Waals surface area contributed by atoms with Crippen molar-refractivity contribution in [2.75, 3.05) is 0 Å². The van der Waals surface area contributed by atoms with E-state index in [9.17, 15) is 0 Å². The van der Waals surface area contributed by atoms with Crippen LogP contribution in [0.2, 0.25) is 0 Å². The van der Waals surface area contributed by atoms with Crippen molar-refractivity contribution in [1.82, 2.24) is 5.32 Å². The molecule has 1 aromatic heterocycles. The van der Waals surface area contributed by atoms with E-state index >= 15 is 0 Å². The molecule has 1 nitrogen and oxygen atoms in total. The molecule has 1 heterocycles. The molecule has 0 radical (unpaired) electrons. The van der Waals surface area contributed by atoms with Crippen LogP contribution < -0.4 is 5.32 Å². The van der Waals surface area contributed by atoms with Crippen molar-refractivity contribution in [1.29, 1.82) is 0 Å². The molecule has 0 saturated heterocycles. The van der Waals surface area contributed by atoms with Gasteiger partial charge in [-0.3, -0.25) is 0 Å². The van der Waals surface area contributed by atoms with Gasteiger partial charge in [-0.15, -0.1) is 11.3 Å². The maximum atomic E-state index is 3.76. The highest BCUT2D eigenvalue weighted by Crippen LogP contribution is 2.29. The Hall–Kier alpha value is -0.340. The lowest BCUT2D eigenvalue weighted by molar-refractivity contribution is 0.238. The third-order valence-corrected chi connectivity index (χ3v) is 4.91. The van der Waals surface area contributed by atoms with Gasteiger partial charge in [-0.25, -0.2) is 0 Å². The fraction of sp³-hybridized carbons (Fsp3) is 0.733. The van der Waals surface area contributed by atoms with Crippen LogP contribution in [0.1, 0.15) is 48.4 Å². The molecule has 2 atom stereocenters. The monoisotopic (exact) mass is 251 g/mol. The fourth-order valence-corrected chi connectivity index (χ4v) is 4.17. The lowest BCUT2D eigenvalue weighted by Gasteiger charge is -2.32. The van der Waals surface area contributed by atoms with Crippen LogP contribution in [0.3, 0.4) is 0 Å². The van der Waals surface area contributed by atoms with Crippen LogP contribution in [0.5, 0.6) is 0 Å². The Balaban J connectivity index is 1.87. The minimum atomic E-state index is 0.730. The van der Waals surface area contributed by atoms with Gasteiger partial charge in [0, 0.05) is 22.3 Å². The van der Waals surface area contributed by atoms with Crippen molar-refractivity contribution in [3.05, 3.63) is 21.4 Å². The summed E-state index contributed by atoms with van der Waals surface area (Å²) in [7, 11) is 0. The molecule has 0 aliphatic heterocycles. The molecule has 2 unspecified atom stereocenters. The highest BCUT2D eigenvalue weighted by molar-refractivity contribution is 7.12. The summed E-state index contributed by atoms with van der Waals surface area (Å²) in [5, 5.41) is 3.76. The maximum absolute atomic E-state index is 3.76. The molecule has 1 aliphatic rings. The number of aryl methyl sites for hydroxylation is 2. The Bertz CT molecular complexity index is 359. The standard InChI is InChI=1S/C15H25NS/c1-10-5-11(2)7-15(6-10)16-9-14-8-12(3)17-13(14)4/h8,10-11,15-16H,5-7,9H2,1-4H3. The summed E-state index contributed by atoms with van der Waals surface area (Å²) in [5.74, 6) is 1.78. The largest absolute Gasteiger partial charge is 0.310 e.